The zero-order chi connectivity index (χ0) is 12.0. The minimum absolute atomic E-state index is 0.163. The summed E-state index contributed by atoms with van der Waals surface area (Å²) in [6.45, 7) is 1.58. The van der Waals surface area contributed by atoms with Crippen LogP contribution in [0.3, 0.4) is 0 Å². The number of allylic oxidation sites excluding steroid dienone is 1. The van der Waals surface area contributed by atoms with Crippen LogP contribution in [0.15, 0.2) is 46.7 Å². The Morgan fingerprint density at radius 3 is 2.44 bits per heavy atom. The SMILES string of the molecule is C/C=C(/O)ON=Nc1ccc(C(=O)O)cc1. The molecule has 2 N–H and O–H groups in total. The smallest absolute Gasteiger partial charge is 0.335 e. The number of aromatic carboxylic acids is 1. The average molecular weight is 222 g/mol. The molecule has 0 bridgehead atoms. The molecule has 0 atom stereocenters. The maximum atomic E-state index is 10.5. The molecule has 0 aliphatic heterocycles. The van der Waals surface area contributed by atoms with E-state index in [0.717, 1.165) is 0 Å². The Balaban J connectivity index is 2.65. The Hall–Kier alpha value is -2.37. The number of nitrogens with zero attached hydrogens (tertiary/aromatic N) is 2. The van der Waals surface area contributed by atoms with Crippen molar-refractivity contribution in [2.45, 2.75) is 6.92 Å². The molecule has 0 unspecified atom stereocenters. The number of carbonyl (C=O) groups is 1. The predicted octanol–water partition coefficient (Wildman–Crippen LogP) is 2.82. The van der Waals surface area contributed by atoms with Gasteiger partial charge in [0, 0.05) is 5.28 Å². The van der Waals surface area contributed by atoms with Crippen LogP contribution in [-0.4, -0.2) is 16.2 Å². The van der Waals surface area contributed by atoms with Crippen molar-refractivity contribution in [3.8, 4) is 0 Å². The third kappa shape index (κ3) is 3.41. The van der Waals surface area contributed by atoms with Gasteiger partial charge < -0.3 is 15.1 Å². The van der Waals surface area contributed by atoms with Crippen LogP contribution >= 0.6 is 0 Å². The molecular weight excluding hydrogens is 212 g/mol. The van der Waals surface area contributed by atoms with Gasteiger partial charge in [-0.3, -0.25) is 0 Å². The van der Waals surface area contributed by atoms with E-state index in [4.69, 9.17) is 10.2 Å². The fraction of sp³-hybridized carbons (Fsp3) is 0.100. The topological polar surface area (TPSA) is 91.5 Å². The largest absolute Gasteiger partial charge is 0.480 e. The molecule has 0 heterocycles. The highest BCUT2D eigenvalue weighted by atomic mass is 16.7. The van der Waals surface area contributed by atoms with Gasteiger partial charge in [-0.2, -0.15) is 0 Å². The molecule has 0 amide bonds. The molecule has 0 radical (unpaired) electrons. The molecule has 16 heavy (non-hydrogen) atoms. The Kier molecular flexibility index (Phi) is 4.02. The minimum Gasteiger partial charge on any atom is -0.480 e. The summed E-state index contributed by atoms with van der Waals surface area (Å²) in [6, 6.07) is 5.74. The van der Waals surface area contributed by atoms with Gasteiger partial charge in [0.2, 0.25) is 0 Å². The van der Waals surface area contributed by atoms with Gasteiger partial charge in [-0.05, 0) is 37.3 Å². The highest BCUT2D eigenvalue weighted by molar-refractivity contribution is 5.87. The first kappa shape index (κ1) is 11.7. The third-order valence-corrected chi connectivity index (χ3v) is 1.65. The lowest BCUT2D eigenvalue weighted by Crippen LogP contribution is -1.93. The fourth-order valence-corrected chi connectivity index (χ4v) is 0.833. The number of aliphatic hydroxyl groups is 1. The summed E-state index contributed by atoms with van der Waals surface area (Å²) in [5.41, 5.74) is 0.588. The van der Waals surface area contributed by atoms with Crippen LogP contribution < -0.4 is 0 Å². The normalized spacial score (nSPS) is 11.7. The summed E-state index contributed by atoms with van der Waals surface area (Å²) in [5, 5.41) is 24.3. The Morgan fingerprint density at radius 2 is 1.94 bits per heavy atom. The van der Waals surface area contributed by atoms with E-state index in [1.54, 1.807) is 6.92 Å². The molecule has 1 aromatic carbocycles. The molecule has 0 fully saturated rings. The summed E-state index contributed by atoms with van der Waals surface area (Å²) >= 11 is 0. The third-order valence-electron chi connectivity index (χ3n) is 1.65. The van der Waals surface area contributed by atoms with Gasteiger partial charge in [0.05, 0.1) is 11.3 Å². The fourth-order valence-electron chi connectivity index (χ4n) is 0.833. The van der Waals surface area contributed by atoms with Crippen LogP contribution in [0.1, 0.15) is 17.3 Å². The molecule has 0 aromatic heterocycles. The highest BCUT2D eigenvalue weighted by Crippen LogP contribution is 2.13. The van der Waals surface area contributed by atoms with Gasteiger partial charge in [0.25, 0.3) is 0 Å². The van der Waals surface area contributed by atoms with E-state index >= 15 is 0 Å². The molecule has 0 saturated heterocycles. The lowest BCUT2D eigenvalue weighted by atomic mass is 10.2. The molecule has 1 aromatic rings. The Bertz CT molecular complexity index is 423. The molecular formula is C10H10N2O4. The molecule has 1 rings (SSSR count). The van der Waals surface area contributed by atoms with E-state index in [9.17, 15) is 4.79 Å². The quantitative estimate of drug-likeness (QED) is 0.465. The minimum atomic E-state index is -1.01. The van der Waals surface area contributed by atoms with Crippen molar-refractivity contribution in [2.75, 3.05) is 0 Å². The number of benzene rings is 1. The monoisotopic (exact) mass is 222 g/mol. The van der Waals surface area contributed by atoms with Gasteiger partial charge in [0.1, 0.15) is 0 Å². The van der Waals surface area contributed by atoms with E-state index in [2.05, 4.69) is 15.2 Å². The number of rotatable bonds is 4. The number of carboxylic acids is 1. The van der Waals surface area contributed by atoms with Gasteiger partial charge in [-0.15, -0.1) is 5.11 Å². The second-order valence-electron chi connectivity index (χ2n) is 2.75. The first-order valence-corrected chi connectivity index (χ1v) is 4.40. The summed E-state index contributed by atoms with van der Waals surface area (Å²) < 4.78 is 0. The molecule has 6 heteroatoms. The first-order valence-electron chi connectivity index (χ1n) is 4.40. The van der Waals surface area contributed by atoms with E-state index in [1.165, 1.54) is 30.3 Å². The number of carboxylic acid groups (broad SMARTS) is 1. The zero-order valence-corrected chi connectivity index (χ0v) is 8.49. The van der Waals surface area contributed by atoms with Crippen molar-refractivity contribution in [1.29, 1.82) is 0 Å². The van der Waals surface area contributed by atoms with Crippen LogP contribution in [0.25, 0.3) is 0 Å². The average Bonchev–Trinajstić information content (AvgIpc) is 2.29. The molecule has 0 aliphatic rings. The van der Waals surface area contributed by atoms with E-state index in [0.29, 0.717) is 5.69 Å². The summed E-state index contributed by atoms with van der Waals surface area (Å²) in [4.78, 5) is 15.0. The maximum absolute atomic E-state index is 10.5. The number of hydrogen-bond acceptors (Lipinski definition) is 5. The standard InChI is InChI=1S/C10H10N2O4/c1-2-9(13)16-12-11-8-5-3-7(4-6-8)10(14)15/h2-6,13H,1H3,(H,14,15)/b9-2-,12-11?. The Morgan fingerprint density at radius 1 is 1.31 bits per heavy atom. The van der Waals surface area contributed by atoms with Gasteiger partial charge in [-0.25, -0.2) is 4.79 Å². The van der Waals surface area contributed by atoms with Crippen molar-refractivity contribution in [1.82, 2.24) is 0 Å². The molecule has 0 aliphatic carbocycles. The van der Waals surface area contributed by atoms with Crippen LogP contribution in [0.2, 0.25) is 0 Å². The predicted molar refractivity (Wildman–Crippen MR) is 55.4 cm³/mol. The van der Waals surface area contributed by atoms with Crippen LogP contribution in [-0.2, 0) is 4.84 Å². The summed E-state index contributed by atoms with van der Waals surface area (Å²) in [6.07, 6.45) is 1.31. The molecule has 0 spiro atoms. The van der Waals surface area contributed by atoms with Crippen molar-refractivity contribution in [2.24, 2.45) is 10.4 Å². The van der Waals surface area contributed by atoms with E-state index in [-0.39, 0.29) is 11.5 Å². The second-order valence-corrected chi connectivity index (χ2v) is 2.75. The van der Waals surface area contributed by atoms with Crippen molar-refractivity contribution >= 4 is 11.7 Å². The highest BCUT2D eigenvalue weighted by Gasteiger charge is 2.00. The van der Waals surface area contributed by atoms with Crippen molar-refractivity contribution < 1.29 is 19.8 Å². The molecule has 6 nitrogen and oxygen atoms in total. The van der Waals surface area contributed by atoms with Crippen LogP contribution in [0.5, 0.6) is 0 Å². The van der Waals surface area contributed by atoms with Gasteiger partial charge >= 0.3 is 11.9 Å². The number of aliphatic hydroxyl groups excluding tert-OH is 1. The summed E-state index contributed by atoms with van der Waals surface area (Å²) in [7, 11) is 0. The lowest BCUT2D eigenvalue weighted by molar-refractivity contribution is 0.0697. The number of hydrogen-bond donors (Lipinski definition) is 2. The Labute approximate surface area is 91.5 Å². The molecule has 84 valence electrons. The first-order chi connectivity index (χ1) is 7.63. The maximum Gasteiger partial charge on any atom is 0.335 e. The lowest BCUT2D eigenvalue weighted by Gasteiger charge is -1.95. The van der Waals surface area contributed by atoms with Gasteiger partial charge in [0.15, 0.2) is 0 Å². The van der Waals surface area contributed by atoms with E-state index < -0.39 is 5.97 Å². The zero-order valence-electron chi connectivity index (χ0n) is 8.49. The van der Waals surface area contributed by atoms with Crippen molar-refractivity contribution in [3.63, 3.8) is 0 Å². The molecule has 0 saturated carbocycles. The summed E-state index contributed by atoms with van der Waals surface area (Å²) in [5.74, 6) is -1.36. The van der Waals surface area contributed by atoms with Gasteiger partial charge in [-0.1, -0.05) is 0 Å². The second kappa shape index (κ2) is 5.50. The van der Waals surface area contributed by atoms with Crippen molar-refractivity contribution in [3.05, 3.63) is 41.9 Å². The van der Waals surface area contributed by atoms with Crippen LogP contribution in [0, 0.1) is 0 Å². The van der Waals surface area contributed by atoms with Crippen LogP contribution in [0.4, 0.5) is 5.69 Å². The van der Waals surface area contributed by atoms with E-state index in [1.807, 2.05) is 0 Å².